The summed E-state index contributed by atoms with van der Waals surface area (Å²) >= 11 is 0. The summed E-state index contributed by atoms with van der Waals surface area (Å²) in [6.45, 7) is 2.84. The van der Waals surface area contributed by atoms with Crippen molar-refractivity contribution in [2.75, 3.05) is 6.61 Å². The second kappa shape index (κ2) is 4.13. The van der Waals surface area contributed by atoms with Gasteiger partial charge in [-0.25, -0.2) is 0 Å². The smallest absolute Gasteiger partial charge is 0.139 e. The van der Waals surface area contributed by atoms with Gasteiger partial charge in [-0.15, -0.1) is 0 Å². The van der Waals surface area contributed by atoms with Gasteiger partial charge in [0.25, 0.3) is 0 Å². The maximum Gasteiger partial charge on any atom is 0.139 e. The van der Waals surface area contributed by atoms with Crippen molar-refractivity contribution in [3.8, 4) is 5.75 Å². The van der Waals surface area contributed by atoms with Gasteiger partial charge >= 0.3 is 0 Å². The molecular weight excluding hydrogens is 212 g/mol. The molecule has 0 fully saturated rings. The topological polar surface area (TPSA) is 22.4 Å². The van der Waals surface area contributed by atoms with E-state index in [0.29, 0.717) is 0 Å². The highest BCUT2D eigenvalue weighted by Gasteiger charge is 2.10. The van der Waals surface area contributed by atoms with Crippen LogP contribution in [-0.2, 0) is 0 Å². The molecule has 2 nitrogen and oxygen atoms in total. The van der Waals surface area contributed by atoms with E-state index in [2.05, 4.69) is 13.0 Å². The van der Waals surface area contributed by atoms with Crippen molar-refractivity contribution in [3.05, 3.63) is 42.5 Å². The lowest BCUT2D eigenvalue weighted by molar-refractivity contribution is 0.321. The fourth-order valence-corrected chi connectivity index (χ4v) is 2.07. The largest absolute Gasteiger partial charge is 0.493 e. The van der Waals surface area contributed by atoms with Gasteiger partial charge in [0.05, 0.1) is 12.0 Å². The highest BCUT2D eigenvalue weighted by atomic mass is 16.5. The maximum atomic E-state index is 5.79. The summed E-state index contributed by atoms with van der Waals surface area (Å²) in [5.41, 5.74) is 1.80. The molecule has 0 bridgehead atoms. The summed E-state index contributed by atoms with van der Waals surface area (Å²) in [6.07, 6.45) is 1.01. The SMILES string of the molecule is CCCOc1cccc2oc3ccccc3c12. The van der Waals surface area contributed by atoms with Crippen LogP contribution in [0, 0.1) is 0 Å². The van der Waals surface area contributed by atoms with Crippen molar-refractivity contribution in [1.82, 2.24) is 0 Å². The molecular formula is C15H14O2. The first-order valence-electron chi connectivity index (χ1n) is 5.93. The van der Waals surface area contributed by atoms with Crippen molar-refractivity contribution in [2.24, 2.45) is 0 Å². The number of para-hydroxylation sites is 1. The Bertz CT molecular complexity index is 652. The fraction of sp³-hybridized carbons (Fsp3) is 0.200. The number of benzene rings is 2. The van der Waals surface area contributed by atoms with Crippen LogP contribution in [0.25, 0.3) is 21.9 Å². The van der Waals surface area contributed by atoms with Crippen LogP contribution >= 0.6 is 0 Å². The second-order valence-electron chi connectivity index (χ2n) is 4.08. The molecule has 0 spiro atoms. The molecule has 3 rings (SSSR count). The van der Waals surface area contributed by atoms with Gasteiger partial charge in [0.15, 0.2) is 0 Å². The molecule has 0 saturated carbocycles. The molecule has 0 aliphatic heterocycles. The molecule has 2 aromatic carbocycles. The first kappa shape index (κ1) is 10.2. The highest BCUT2D eigenvalue weighted by Crippen LogP contribution is 2.35. The molecule has 0 radical (unpaired) electrons. The Morgan fingerprint density at radius 1 is 1.00 bits per heavy atom. The monoisotopic (exact) mass is 226 g/mol. The lowest BCUT2D eigenvalue weighted by Gasteiger charge is -2.05. The Hall–Kier alpha value is -1.96. The zero-order valence-corrected chi connectivity index (χ0v) is 9.77. The summed E-state index contributed by atoms with van der Waals surface area (Å²) in [6, 6.07) is 14.0. The van der Waals surface area contributed by atoms with Crippen molar-refractivity contribution in [3.63, 3.8) is 0 Å². The molecule has 0 aliphatic carbocycles. The second-order valence-corrected chi connectivity index (χ2v) is 4.08. The number of furan rings is 1. The van der Waals surface area contributed by atoms with Gasteiger partial charge in [-0.1, -0.05) is 31.2 Å². The predicted octanol–water partition coefficient (Wildman–Crippen LogP) is 4.37. The third kappa shape index (κ3) is 1.66. The lowest BCUT2D eigenvalue weighted by atomic mass is 10.1. The van der Waals surface area contributed by atoms with Crippen LogP contribution < -0.4 is 4.74 Å². The van der Waals surface area contributed by atoms with E-state index < -0.39 is 0 Å². The molecule has 0 aliphatic rings. The van der Waals surface area contributed by atoms with Gasteiger partial charge in [0, 0.05) is 5.39 Å². The summed E-state index contributed by atoms with van der Waals surface area (Å²) in [5.74, 6) is 0.911. The number of ether oxygens (including phenoxy) is 1. The van der Waals surface area contributed by atoms with E-state index in [0.717, 1.165) is 40.7 Å². The highest BCUT2D eigenvalue weighted by molar-refractivity contribution is 6.08. The van der Waals surface area contributed by atoms with Crippen molar-refractivity contribution in [1.29, 1.82) is 0 Å². The molecule has 0 amide bonds. The molecule has 2 heteroatoms. The summed E-state index contributed by atoms with van der Waals surface area (Å²) < 4.78 is 11.6. The third-order valence-electron chi connectivity index (χ3n) is 2.83. The third-order valence-corrected chi connectivity index (χ3v) is 2.83. The Kier molecular flexibility index (Phi) is 2.48. The maximum absolute atomic E-state index is 5.79. The van der Waals surface area contributed by atoms with Crippen LogP contribution in [0.5, 0.6) is 5.75 Å². The number of hydrogen-bond acceptors (Lipinski definition) is 2. The first-order valence-corrected chi connectivity index (χ1v) is 5.93. The first-order chi connectivity index (χ1) is 8.40. The molecule has 0 atom stereocenters. The molecule has 0 saturated heterocycles. The summed E-state index contributed by atoms with van der Waals surface area (Å²) in [7, 11) is 0. The minimum Gasteiger partial charge on any atom is -0.493 e. The van der Waals surface area contributed by atoms with Gasteiger partial charge in [-0.05, 0) is 24.6 Å². The van der Waals surface area contributed by atoms with E-state index in [1.807, 2.05) is 36.4 Å². The van der Waals surface area contributed by atoms with Crippen molar-refractivity contribution < 1.29 is 9.15 Å². The van der Waals surface area contributed by atoms with Gasteiger partial charge in [0.2, 0.25) is 0 Å². The summed E-state index contributed by atoms with van der Waals surface area (Å²) in [5, 5.41) is 2.20. The Morgan fingerprint density at radius 3 is 2.71 bits per heavy atom. The van der Waals surface area contributed by atoms with E-state index in [4.69, 9.17) is 9.15 Å². The lowest BCUT2D eigenvalue weighted by Crippen LogP contribution is -1.94. The molecule has 0 unspecified atom stereocenters. The van der Waals surface area contributed by atoms with Gasteiger partial charge in [-0.3, -0.25) is 0 Å². The molecule has 0 N–H and O–H groups in total. The van der Waals surface area contributed by atoms with E-state index in [1.54, 1.807) is 0 Å². The van der Waals surface area contributed by atoms with Gasteiger partial charge in [0.1, 0.15) is 16.9 Å². The van der Waals surface area contributed by atoms with Crippen LogP contribution in [0.1, 0.15) is 13.3 Å². The Morgan fingerprint density at radius 2 is 1.82 bits per heavy atom. The predicted molar refractivity (Wildman–Crippen MR) is 69.5 cm³/mol. The van der Waals surface area contributed by atoms with Gasteiger partial charge < -0.3 is 9.15 Å². The van der Waals surface area contributed by atoms with Crippen LogP contribution in [0.3, 0.4) is 0 Å². The molecule has 3 aromatic rings. The minimum atomic E-state index is 0.735. The van der Waals surface area contributed by atoms with Crippen LogP contribution in [0.15, 0.2) is 46.9 Å². The number of hydrogen-bond donors (Lipinski definition) is 0. The Labute approximate surface area is 99.8 Å². The molecule has 1 aromatic heterocycles. The van der Waals surface area contributed by atoms with Gasteiger partial charge in [-0.2, -0.15) is 0 Å². The van der Waals surface area contributed by atoms with E-state index in [-0.39, 0.29) is 0 Å². The van der Waals surface area contributed by atoms with Crippen LogP contribution in [-0.4, -0.2) is 6.61 Å². The Balaban J connectivity index is 2.28. The number of fused-ring (bicyclic) bond motifs is 3. The minimum absolute atomic E-state index is 0.735. The average Bonchev–Trinajstić information content (AvgIpc) is 2.75. The van der Waals surface area contributed by atoms with Crippen molar-refractivity contribution >= 4 is 21.9 Å². The normalized spacial score (nSPS) is 11.1. The van der Waals surface area contributed by atoms with Crippen LogP contribution in [0.4, 0.5) is 0 Å². The standard InChI is InChI=1S/C15H14O2/c1-2-10-16-13-8-5-9-14-15(13)11-6-3-4-7-12(11)17-14/h3-9H,2,10H2,1H3. The summed E-state index contributed by atoms with van der Waals surface area (Å²) in [4.78, 5) is 0. The van der Waals surface area contributed by atoms with E-state index in [1.165, 1.54) is 0 Å². The molecule has 86 valence electrons. The quantitative estimate of drug-likeness (QED) is 0.661. The molecule has 1 heterocycles. The number of rotatable bonds is 3. The van der Waals surface area contributed by atoms with Crippen LogP contribution in [0.2, 0.25) is 0 Å². The van der Waals surface area contributed by atoms with Crippen molar-refractivity contribution in [2.45, 2.75) is 13.3 Å². The molecule has 17 heavy (non-hydrogen) atoms. The zero-order chi connectivity index (χ0) is 11.7. The van der Waals surface area contributed by atoms with E-state index in [9.17, 15) is 0 Å². The fourth-order valence-electron chi connectivity index (χ4n) is 2.07. The average molecular weight is 226 g/mol. The zero-order valence-electron chi connectivity index (χ0n) is 9.77. The van der Waals surface area contributed by atoms with E-state index >= 15 is 0 Å².